The van der Waals surface area contributed by atoms with E-state index in [9.17, 15) is 19.2 Å². The molecule has 0 unspecified atom stereocenters. The molecule has 1 aliphatic carbocycles. The number of benzene rings is 1. The van der Waals surface area contributed by atoms with Gasteiger partial charge >= 0.3 is 12.1 Å². The summed E-state index contributed by atoms with van der Waals surface area (Å²) in [5.74, 6) is -0.186. The molecule has 2 aliphatic rings. The van der Waals surface area contributed by atoms with Crippen molar-refractivity contribution >= 4 is 29.4 Å². The van der Waals surface area contributed by atoms with E-state index >= 15 is 0 Å². The van der Waals surface area contributed by atoms with Crippen molar-refractivity contribution in [3.63, 3.8) is 0 Å². The van der Waals surface area contributed by atoms with Gasteiger partial charge in [-0.15, -0.1) is 0 Å². The van der Waals surface area contributed by atoms with Gasteiger partial charge in [-0.05, 0) is 58.4 Å². The lowest BCUT2D eigenvalue weighted by Gasteiger charge is -2.33. The molecule has 0 atom stereocenters. The minimum atomic E-state index is -0.554. The van der Waals surface area contributed by atoms with Crippen LogP contribution in [0.25, 0.3) is 0 Å². The fourth-order valence-corrected chi connectivity index (χ4v) is 4.44. The number of likely N-dealkylation sites (tertiary alicyclic amines) is 1. The van der Waals surface area contributed by atoms with Gasteiger partial charge in [-0.1, -0.05) is 0 Å². The van der Waals surface area contributed by atoms with E-state index in [1.54, 1.807) is 36.1 Å². The number of hydrogen-bond donors (Lipinski definition) is 1. The average Bonchev–Trinajstić information content (AvgIpc) is 3.16. The first kappa shape index (κ1) is 25.5. The standard InChI is InChI=1S/C27H32N2O7/c1-16-22-20(30)6-5-7-21(22)35-23(16)24(31)28-18-10-8-17(9-11-18)25(32)34-19-12-14-29(15-13-19)26(33)36-27(2,3)4/h8-11,19H,5-7,12-15H2,1-4H3,(H,28,31). The zero-order valence-corrected chi connectivity index (χ0v) is 21.1. The van der Waals surface area contributed by atoms with Crippen LogP contribution in [0.1, 0.15) is 89.0 Å². The molecular weight excluding hydrogens is 464 g/mol. The normalized spacial score (nSPS) is 16.3. The molecule has 4 rings (SSSR count). The molecule has 1 aliphatic heterocycles. The van der Waals surface area contributed by atoms with Crippen LogP contribution in [-0.2, 0) is 15.9 Å². The third-order valence-electron chi connectivity index (χ3n) is 6.26. The molecule has 1 aromatic heterocycles. The van der Waals surface area contributed by atoms with Crippen LogP contribution >= 0.6 is 0 Å². The number of carbonyl (C=O) groups excluding carboxylic acids is 4. The summed E-state index contributed by atoms with van der Waals surface area (Å²) in [6.07, 6.45) is 2.26. The molecule has 36 heavy (non-hydrogen) atoms. The molecule has 0 bridgehead atoms. The number of rotatable bonds is 4. The number of piperidine rings is 1. The van der Waals surface area contributed by atoms with Crippen LogP contribution in [0, 0.1) is 6.92 Å². The van der Waals surface area contributed by atoms with Gasteiger partial charge in [0.25, 0.3) is 5.91 Å². The van der Waals surface area contributed by atoms with Crippen molar-refractivity contribution < 1.29 is 33.1 Å². The number of ether oxygens (including phenoxy) is 2. The van der Waals surface area contributed by atoms with Gasteiger partial charge in [-0.25, -0.2) is 9.59 Å². The van der Waals surface area contributed by atoms with Crippen LogP contribution in [0.5, 0.6) is 0 Å². The molecular formula is C27H32N2O7. The Bertz CT molecular complexity index is 1170. The number of furan rings is 1. The van der Waals surface area contributed by atoms with E-state index in [-0.39, 0.29) is 23.7 Å². The van der Waals surface area contributed by atoms with Crippen LogP contribution in [0.3, 0.4) is 0 Å². The molecule has 192 valence electrons. The second-order valence-corrected chi connectivity index (χ2v) is 10.2. The quantitative estimate of drug-likeness (QED) is 0.598. The molecule has 2 aromatic rings. The Morgan fingerprint density at radius 2 is 1.72 bits per heavy atom. The molecule has 2 heterocycles. The zero-order valence-electron chi connectivity index (χ0n) is 21.1. The van der Waals surface area contributed by atoms with Crippen LogP contribution in [0.2, 0.25) is 0 Å². The fraction of sp³-hybridized carbons (Fsp3) is 0.481. The van der Waals surface area contributed by atoms with Gasteiger partial charge in [0, 0.05) is 50.0 Å². The third-order valence-corrected chi connectivity index (χ3v) is 6.26. The minimum Gasteiger partial charge on any atom is -0.459 e. The summed E-state index contributed by atoms with van der Waals surface area (Å²) in [6, 6.07) is 6.39. The number of anilines is 1. The predicted molar refractivity (Wildman–Crippen MR) is 131 cm³/mol. The molecule has 0 spiro atoms. The fourth-order valence-electron chi connectivity index (χ4n) is 4.44. The summed E-state index contributed by atoms with van der Waals surface area (Å²) in [5.41, 5.74) is 1.38. The maximum atomic E-state index is 12.7. The van der Waals surface area contributed by atoms with Crippen molar-refractivity contribution in [1.82, 2.24) is 4.90 Å². The largest absolute Gasteiger partial charge is 0.459 e. The minimum absolute atomic E-state index is 0.00919. The maximum Gasteiger partial charge on any atom is 0.410 e. The summed E-state index contributed by atoms with van der Waals surface area (Å²) < 4.78 is 16.7. The topological polar surface area (TPSA) is 115 Å². The Morgan fingerprint density at radius 3 is 2.33 bits per heavy atom. The van der Waals surface area contributed by atoms with E-state index in [2.05, 4.69) is 5.32 Å². The lowest BCUT2D eigenvalue weighted by Crippen LogP contribution is -2.43. The maximum absolute atomic E-state index is 12.7. The number of carbonyl (C=O) groups is 4. The number of aryl methyl sites for hydroxylation is 1. The Balaban J connectivity index is 1.30. The smallest absolute Gasteiger partial charge is 0.410 e. The van der Waals surface area contributed by atoms with Crippen molar-refractivity contribution in [2.45, 2.75) is 71.5 Å². The summed E-state index contributed by atoms with van der Waals surface area (Å²) >= 11 is 0. The predicted octanol–water partition coefficient (Wildman–Crippen LogP) is 4.92. The number of Topliss-reactive ketones (excluding diaryl/α,β-unsaturated/α-hetero) is 1. The first-order chi connectivity index (χ1) is 17.0. The van der Waals surface area contributed by atoms with Gasteiger partial charge in [-0.3, -0.25) is 9.59 Å². The Morgan fingerprint density at radius 1 is 1.06 bits per heavy atom. The highest BCUT2D eigenvalue weighted by Crippen LogP contribution is 2.30. The summed E-state index contributed by atoms with van der Waals surface area (Å²) in [5, 5.41) is 2.76. The van der Waals surface area contributed by atoms with Gasteiger partial charge in [0.1, 0.15) is 17.5 Å². The molecule has 0 saturated carbocycles. The third kappa shape index (κ3) is 5.78. The molecule has 2 amide bonds. The molecule has 9 nitrogen and oxygen atoms in total. The first-order valence-electron chi connectivity index (χ1n) is 12.3. The monoisotopic (exact) mass is 496 g/mol. The van der Waals surface area contributed by atoms with Crippen LogP contribution in [0.4, 0.5) is 10.5 Å². The van der Waals surface area contributed by atoms with Crippen LogP contribution in [-0.4, -0.2) is 53.4 Å². The Labute approximate surface area is 210 Å². The van der Waals surface area contributed by atoms with Crippen LogP contribution in [0.15, 0.2) is 28.7 Å². The van der Waals surface area contributed by atoms with Gasteiger partial charge in [0.15, 0.2) is 11.5 Å². The SMILES string of the molecule is Cc1c(C(=O)Nc2ccc(C(=O)OC3CCN(C(=O)OC(C)(C)C)CC3)cc2)oc2c1C(=O)CCC2. The lowest BCUT2D eigenvalue weighted by molar-refractivity contribution is -0.00342. The molecule has 9 heteroatoms. The number of nitrogens with one attached hydrogen (secondary N) is 1. The summed E-state index contributed by atoms with van der Waals surface area (Å²) in [4.78, 5) is 51.3. The summed E-state index contributed by atoms with van der Waals surface area (Å²) in [6.45, 7) is 8.10. The highest BCUT2D eigenvalue weighted by molar-refractivity contribution is 6.07. The van der Waals surface area contributed by atoms with Gasteiger partial charge in [0.2, 0.25) is 0 Å². The highest BCUT2D eigenvalue weighted by Gasteiger charge is 2.30. The van der Waals surface area contributed by atoms with E-state index in [1.165, 1.54) is 0 Å². The van der Waals surface area contributed by atoms with E-state index < -0.39 is 17.5 Å². The second kappa shape index (κ2) is 10.2. The molecule has 1 aromatic carbocycles. The highest BCUT2D eigenvalue weighted by atomic mass is 16.6. The number of nitrogens with zero attached hydrogens (tertiary/aromatic N) is 1. The van der Waals surface area contributed by atoms with Crippen molar-refractivity contribution in [2.24, 2.45) is 0 Å². The number of hydrogen-bond acceptors (Lipinski definition) is 7. The number of amides is 2. The van der Waals surface area contributed by atoms with Crippen LogP contribution < -0.4 is 5.32 Å². The van der Waals surface area contributed by atoms with Gasteiger partial charge in [-0.2, -0.15) is 0 Å². The Hall–Kier alpha value is -3.62. The van der Waals surface area contributed by atoms with Crippen molar-refractivity contribution in [2.75, 3.05) is 18.4 Å². The second-order valence-electron chi connectivity index (χ2n) is 10.2. The molecule has 1 saturated heterocycles. The van der Waals surface area contributed by atoms with Crippen molar-refractivity contribution in [3.05, 3.63) is 52.5 Å². The number of esters is 1. The average molecular weight is 497 g/mol. The molecule has 0 radical (unpaired) electrons. The molecule has 1 N–H and O–H groups in total. The molecule has 1 fully saturated rings. The van der Waals surface area contributed by atoms with Gasteiger partial charge < -0.3 is 24.1 Å². The number of fused-ring (bicyclic) bond motifs is 1. The number of ketones is 1. The zero-order chi connectivity index (χ0) is 26.0. The van der Waals surface area contributed by atoms with Gasteiger partial charge in [0.05, 0.1) is 11.1 Å². The lowest BCUT2D eigenvalue weighted by atomic mass is 9.94. The Kier molecular flexibility index (Phi) is 7.19. The van der Waals surface area contributed by atoms with E-state index in [0.29, 0.717) is 66.9 Å². The van der Waals surface area contributed by atoms with Crippen molar-refractivity contribution in [3.8, 4) is 0 Å². The van der Waals surface area contributed by atoms with Crippen molar-refractivity contribution in [1.29, 1.82) is 0 Å². The van der Waals surface area contributed by atoms with E-state index in [4.69, 9.17) is 13.9 Å². The van der Waals surface area contributed by atoms with E-state index in [0.717, 1.165) is 6.42 Å². The summed E-state index contributed by atoms with van der Waals surface area (Å²) in [7, 11) is 0. The van der Waals surface area contributed by atoms with E-state index in [1.807, 2.05) is 20.8 Å². The first-order valence-corrected chi connectivity index (χ1v) is 12.3.